The van der Waals surface area contributed by atoms with Crippen molar-refractivity contribution in [2.24, 2.45) is 5.92 Å². The van der Waals surface area contributed by atoms with Crippen LogP contribution in [0, 0.1) is 5.92 Å². The van der Waals surface area contributed by atoms with Crippen molar-refractivity contribution in [3.05, 3.63) is 35.4 Å². The molecule has 20 heavy (non-hydrogen) atoms. The van der Waals surface area contributed by atoms with Gasteiger partial charge in [-0.25, -0.2) is 9.23 Å². The zero-order chi connectivity index (χ0) is 15.1. The largest absolute Gasteiger partial charge is 0.489 e. The lowest BCUT2D eigenvalue weighted by molar-refractivity contribution is -0.131. The molecule has 0 spiro atoms. The lowest BCUT2D eigenvalue weighted by atomic mass is 9.91. The third kappa shape index (κ3) is 4.65. The highest BCUT2D eigenvalue weighted by molar-refractivity contribution is 6.13. The molecule has 1 rings (SSSR count). The van der Waals surface area contributed by atoms with E-state index in [0.717, 1.165) is 5.57 Å². The van der Waals surface area contributed by atoms with Crippen molar-refractivity contribution in [2.75, 3.05) is 27.2 Å². The van der Waals surface area contributed by atoms with Crippen LogP contribution < -0.4 is 4.84 Å². The quantitative estimate of drug-likeness (QED) is 0.767. The van der Waals surface area contributed by atoms with Gasteiger partial charge in [-0.2, -0.15) is 0 Å². The summed E-state index contributed by atoms with van der Waals surface area (Å²) in [7, 11) is 3.48. The van der Waals surface area contributed by atoms with Gasteiger partial charge in [0.25, 0.3) is 0 Å². The molecule has 6 heteroatoms. The summed E-state index contributed by atoms with van der Waals surface area (Å²) in [5.74, 6) is 0.585. The van der Waals surface area contributed by atoms with Gasteiger partial charge in [0.15, 0.2) is 0 Å². The number of halogens is 2. The highest BCUT2D eigenvalue weighted by Gasteiger charge is 2.24. The predicted octanol–water partition coefficient (Wildman–Crippen LogP) is 2.54. The maximum Gasteiger partial charge on any atom is 0.229 e. The minimum Gasteiger partial charge on any atom is -0.489 e. The van der Waals surface area contributed by atoms with Gasteiger partial charge in [0.1, 0.15) is 12.4 Å². The Hall–Kier alpha value is -1.33. The first-order valence-corrected chi connectivity index (χ1v) is 6.71. The first-order valence-electron chi connectivity index (χ1n) is 6.33. The van der Waals surface area contributed by atoms with Crippen LogP contribution in [0.3, 0.4) is 0 Å². The third-order valence-electron chi connectivity index (χ3n) is 3.09. The first-order chi connectivity index (χ1) is 9.49. The van der Waals surface area contributed by atoms with Crippen LogP contribution in [0.2, 0.25) is 0 Å². The Morgan fingerprint density at radius 3 is 2.85 bits per heavy atom. The van der Waals surface area contributed by atoms with E-state index in [0.29, 0.717) is 24.1 Å². The fourth-order valence-corrected chi connectivity index (χ4v) is 2.07. The molecule has 0 saturated carbocycles. The fourth-order valence-electron chi connectivity index (χ4n) is 1.89. The summed E-state index contributed by atoms with van der Waals surface area (Å²) < 4.78 is 18.0. The Balaban J connectivity index is 2.59. The molecule has 0 bridgehead atoms. The fraction of sp³-hybridized carbons (Fsp3) is 0.500. The Morgan fingerprint density at radius 1 is 1.65 bits per heavy atom. The molecule has 0 aromatic carbocycles. The van der Waals surface area contributed by atoms with Crippen LogP contribution in [0.1, 0.15) is 13.3 Å². The Bertz CT molecular complexity index is 444. The monoisotopic (exact) mass is 302 g/mol. The smallest absolute Gasteiger partial charge is 0.229 e. The Labute approximate surface area is 124 Å². The van der Waals surface area contributed by atoms with Crippen LogP contribution in [0.15, 0.2) is 35.4 Å². The van der Waals surface area contributed by atoms with E-state index < -0.39 is 0 Å². The number of rotatable bonds is 6. The van der Waals surface area contributed by atoms with Crippen molar-refractivity contribution in [1.29, 1.82) is 0 Å². The number of carbonyl (C=O) groups is 1. The summed E-state index contributed by atoms with van der Waals surface area (Å²) in [6.07, 6.45) is 4.74. The van der Waals surface area contributed by atoms with Crippen molar-refractivity contribution in [2.45, 2.75) is 13.3 Å². The highest BCUT2D eigenvalue weighted by Crippen LogP contribution is 2.25. The van der Waals surface area contributed by atoms with E-state index >= 15 is 0 Å². The molecular weight excluding hydrogens is 283 g/mol. The second-order valence-electron chi connectivity index (χ2n) is 4.88. The Kier molecular flexibility index (Phi) is 6.75. The molecule has 112 valence electrons. The van der Waals surface area contributed by atoms with Gasteiger partial charge in [0.05, 0.1) is 12.2 Å². The zero-order valence-electron chi connectivity index (χ0n) is 12.0. The molecular formula is C14H20ClFN2O2. The van der Waals surface area contributed by atoms with Crippen molar-refractivity contribution < 1.29 is 13.9 Å². The van der Waals surface area contributed by atoms with Crippen molar-refractivity contribution >= 4 is 17.7 Å². The summed E-state index contributed by atoms with van der Waals surface area (Å²) >= 11 is 5.32. The number of hydrogen-bond acceptors (Lipinski definition) is 3. The van der Waals surface area contributed by atoms with E-state index in [4.69, 9.17) is 16.5 Å². The number of hydrogen-bond donors (Lipinski definition) is 1. The van der Waals surface area contributed by atoms with Gasteiger partial charge in [-0.05, 0) is 37.3 Å². The average molecular weight is 303 g/mol. The first kappa shape index (κ1) is 16.7. The predicted molar refractivity (Wildman–Crippen MR) is 77.6 cm³/mol. The molecule has 1 amide bonds. The van der Waals surface area contributed by atoms with Crippen LogP contribution in [0.5, 0.6) is 0 Å². The number of ether oxygens (including phenoxy) is 1. The lowest BCUT2D eigenvalue weighted by Crippen LogP contribution is -2.31. The van der Waals surface area contributed by atoms with Gasteiger partial charge in [0.2, 0.25) is 5.91 Å². The maximum atomic E-state index is 12.5. The van der Waals surface area contributed by atoms with Crippen molar-refractivity contribution in [3.8, 4) is 0 Å². The van der Waals surface area contributed by atoms with Gasteiger partial charge >= 0.3 is 0 Å². The van der Waals surface area contributed by atoms with Gasteiger partial charge in [-0.3, -0.25) is 4.79 Å². The summed E-state index contributed by atoms with van der Waals surface area (Å²) in [4.78, 5) is 15.9. The average Bonchev–Trinajstić information content (AvgIpc) is 2.42. The number of carbonyl (C=O) groups excluding carboxylic acids is 1. The van der Waals surface area contributed by atoms with E-state index in [-0.39, 0.29) is 25.0 Å². The van der Waals surface area contributed by atoms with E-state index in [1.807, 2.05) is 19.1 Å². The molecule has 1 aliphatic rings. The van der Waals surface area contributed by atoms with Gasteiger partial charge in [-0.15, -0.1) is 0 Å². The summed E-state index contributed by atoms with van der Waals surface area (Å²) in [5, 5.41) is 0. The summed E-state index contributed by atoms with van der Waals surface area (Å²) in [6.45, 7) is 2.24. The van der Waals surface area contributed by atoms with Crippen molar-refractivity contribution in [3.63, 3.8) is 0 Å². The maximum absolute atomic E-state index is 12.5. The molecule has 0 fully saturated rings. The molecule has 0 saturated heterocycles. The molecule has 1 unspecified atom stereocenters. The van der Waals surface area contributed by atoms with E-state index in [9.17, 15) is 9.18 Å². The van der Waals surface area contributed by atoms with Crippen LogP contribution in [-0.4, -0.2) is 38.1 Å². The van der Waals surface area contributed by atoms with Gasteiger partial charge < -0.3 is 9.64 Å². The zero-order valence-corrected chi connectivity index (χ0v) is 12.7. The summed E-state index contributed by atoms with van der Waals surface area (Å²) in [6, 6.07) is 0. The molecule has 0 heterocycles. The molecule has 1 aliphatic carbocycles. The second kappa shape index (κ2) is 8.07. The molecule has 1 N–H and O–H groups in total. The molecule has 4 nitrogen and oxygen atoms in total. The minimum absolute atomic E-state index is 0.0738. The number of nitrogens with zero attached hydrogens (tertiary/aromatic N) is 1. The van der Waals surface area contributed by atoms with Gasteiger partial charge in [0, 0.05) is 26.2 Å². The third-order valence-corrected chi connectivity index (χ3v) is 3.22. The topological polar surface area (TPSA) is 41.6 Å². The molecule has 0 aliphatic heterocycles. The molecule has 0 radical (unpaired) electrons. The molecule has 0 aromatic rings. The standard InChI is InChI=1S/C14H20ClFN2O2/c1-10-6-12(20-9-11(7-16)8-17-15)4-5-13(10)14(19)18(2)3/h4,6-7,13,17H,5,8-9H2,1-3H3/b11-7-. The van der Waals surface area contributed by atoms with E-state index in [1.165, 1.54) is 0 Å². The Morgan fingerprint density at radius 2 is 2.35 bits per heavy atom. The van der Waals surface area contributed by atoms with E-state index in [2.05, 4.69) is 4.84 Å². The number of nitrogens with one attached hydrogen (secondary N) is 1. The van der Waals surface area contributed by atoms with Crippen LogP contribution >= 0.6 is 11.8 Å². The van der Waals surface area contributed by atoms with Crippen molar-refractivity contribution in [1.82, 2.24) is 9.74 Å². The number of amides is 1. The van der Waals surface area contributed by atoms with Crippen LogP contribution in [0.4, 0.5) is 4.39 Å². The van der Waals surface area contributed by atoms with Crippen LogP contribution in [0.25, 0.3) is 0 Å². The van der Waals surface area contributed by atoms with Gasteiger partial charge in [-0.1, -0.05) is 5.57 Å². The summed E-state index contributed by atoms with van der Waals surface area (Å²) in [5.41, 5.74) is 1.36. The van der Waals surface area contributed by atoms with Crippen LogP contribution in [-0.2, 0) is 9.53 Å². The number of allylic oxidation sites excluding steroid dienone is 2. The lowest BCUT2D eigenvalue weighted by Gasteiger charge is -2.24. The minimum atomic E-state index is -0.141. The SMILES string of the molecule is CC1=CC(OC/C(=C\F)CNCl)=CCC1C(=O)N(C)C. The normalized spacial score (nSPS) is 19.2. The molecule has 1 atom stereocenters. The highest BCUT2D eigenvalue weighted by atomic mass is 35.5. The van der Waals surface area contributed by atoms with E-state index in [1.54, 1.807) is 19.0 Å². The second-order valence-corrected chi connectivity index (χ2v) is 5.15. The molecule has 0 aromatic heterocycles.